The van der Waals surface area contributed by atoms with Gasteiger partial charge in [0.2, 0.25) is 23.6 Å². The van der Waals surface area contributed by atoms with E-state index in [0.717, 1.165) is 56.5 Å². The number of carbonyl (C=O) groups excluding carboxylic acids is 1. The Morgan fingerprint density at radius 2 is 1.69 bits per heavy atom. The Morgan fingerprint density at radius 3 is 2.36 bits per heavy atom. The van der Waals surface area contributed by atoms with Crippen LogP contribution >= 0.6 is 0 Å². The third kappa shape index (κ3) is 5.47. The van der Waals surface area contributed by atoms with Crippen LogP contribution < -0.4 is 9.64 Å². The third-order valence-electron chi connectivity index (χ3n) is 6.91. The summed E-state index contributed by atoms with van der Waals surface area (Å²) in [6.45, 7) is 8.83. The summed E-state index contributed by atoms with van der Waals surface area (Å²) in [6.07, 6.45) is 3.50. The van der Waals surface area contributed by atoms with Gasteiger partial charge in [0.15, 0.2) is 0 Å². The van der Waals surface area contributed by atoms with Gasteiger partial charge < -0.3 is 19.1 Å². The maximum Gasteiger partial charge on any atom is 0.241 e. The average molecular weight is 493 g/mol. The fourth-order valence-corrected chi connectivity index (χ4v) is 4.68. The second-order valence-corrected chi connectivity index (χ2v) is 9.09. The average Bonchev–Trinajstić information content (AvgIpc) is 3.42. The number of nitrogens with zero attached hydrogens (tertiary/aromatic N) is 8. The van der Waals surface area contributed by atoms with Gasteiger partial charge in [-0.05, 0) is 37.3 Å². The van der Waals surface area contributed by atoms with E-state index in [-0.39, 0.29) is 11.9 Å². The van der Waals surface area contributed by atoms with Gasteiger partial charge >= 0.3 is 0 Å². The van der Waals surface area contributed by atoms with Gasteiger partial charge in [0.1, 0.15) is 5.75 Å². The molecule has 4 heterocycles. The molecule has 0 bridgehead atoms. The lowest BCUT2D eigenvalue weighted by molar-refractivity contribution is -0.137. The zero-order chi connectivity index (χ0) is 24.9. The topological polar surface area (TPSA) is 104 Å². The van der Waals surface area contributed by atoms with Crippen molar-refractivity contribution in [3.63, 3.8) is 0 Å². The molecule has 2 aliphatic heterocycles. The summed E-state index contributed by atoms with van der Waals surface area (Å²) in [5.41, 5.74) is 0.889. The van der Waals surface area contributed by atoms with Crippen molar-refractivity contribution in [1.82, 2.24) is 34.8 Å². The Labute approximate surface area is 210 Å². The molecule has 2 saturated heterocycles. The zero-order valence-corrected chi connectivity index (χ0v) is 20.8. The van der Waals surface area contributed by atoms with Crippen LogP contribution in [0.4, 0.5) is 5.95 Å². The second kappa shape index (κ2) is 11.0. The Hall–Kier alpha value is -3.57. The summed E-state index contributed by atoms with van der Waals surface area (Å²) >= 11 is 0. The van der Waals surface area contributed by atoms with E-state index in [4.69, 9.17) is 9.26 Å². The number of amides is 1. The minimum Gasteiger partial charge on any atom is -0.497 e. The first-order chi connectivity index (χ1) is 17.6. The van der Waals surface area contributed by atoms with Crippen LogP contribution in [0, 0.1) is 0 Å². The fraction of sp³-hybridized carbons (Fsp3) is 0.480. The van der Waals surface area contributed by atoms with E-state index in [2.05, 4.69) is 34.8 Å². The lowest BCUT2D eigenvalue weighted by Crippen LogP contribution is -2.57. The van der Waals surface area contributed by atoms with Crippen LogP contribution in [-0.4, -0.2) is 106 Å². The molecular formula is C25H32N8O3. The number of rotatable bonds is 7. The molecule has 5 rings (SSSR count). The molecule has 1 unspecified atom stereocenters. The predicted octanol–water partition coefficient (Wildman–Crippen LogP) is 1.39. The van der Waals surface area contributed by atoms with Gasteiger partial charge in [-0.1, -0.05) is 5.16 Å². The molecule has 0 aliphatic carbocycles. The smallest absolute Gasteiger partial charge is 0.241 e. The molecule has 3 aromatic rings. The van der Waals surface area contributed by atoms with Crippen molar-refractivity contribution >= 4 is 11.9 Å². The van der Waals surface area contributed by atoms with Crippen LogP contribution in [-0.2, 0) is 11.3 Å². The van der Waals surface area contributed by atoms with E-state index in [9.17, 15) is 4.79 Å². The largest absolute Gasteiger partial charge is 0.497 e. The highest BCUT2D eigenvalue weighted by Crippen LogP contribution is 2.20. The highest BCUT2D eigenvalue weighted by molar-refractivity contribution is 5.81. The highest BCUT2D eigenvalue weighted by Gasteiger charge is 2.31. The Balaban J connectivity index is 1.08. The number of hydrogen-bond acceptors (Lipinski definition) is 10. The molecule has 1 aromatic carbocycles. The minimum atomic E-state index is -0.142. The molecule has 190 valence electrons. The summed E-state index contributed by atoms with van der Waals surface area (Å²) < 4.78 is 10.7. The molecule has 2 aromatic heterocycles. The van der Waals surface area contributed by atoms with Crippen LogP contribution in [0.3, 0.4) is 0 Å². The van der Waals surface area contributed by atoms with Crippen LogP contribution in [0.15, 0.2) is 47.2 Å². The lowest BCUT2D eigenvalue weighted by Gasteiger charge is -2.40. The number of benzene rings is 1. The molecule has 11 nitrogen and oxygen atoms in total. The van der Waals surface area contributed by atoms with E-state index in [0.29, 0.717) is 31.3 Å². The number of anilines is 1. The molecule has 0 saturated carbocycles. The number of ether oxygens (including phenoxy) is 1. The molecule has 0 N–H and O–H groups in total. The number of aromatic nitrogens is 4. The number of carbonyl (C=O) groups is 1. The monoisotopic (exact) mass is 492 g/mol. The van der Waals surface area contributed by atoms with E-state index in [1.54, 1.807) is 19.5 Å². The van der Waals surface area contributed by atoms with Crippen LogP contribution in [0.25, 0.3) is 11.4 Å². The van der Waals surface area contributed by atoms with Gasteiger partial charge in [-0.2, -0.15) is 4.98 Å². The van der Waals surface area contributed by atoms with Gasteiger partial charge in [-0.3, -0.25) is 14.6 Å². The van der Waals surface area contributed by atoms with Gasteiger partial charge in [0.25, 0.3) is 0 Å². The van der Waals surface area contributed by atoms with Crippen LogP contribution in [0.5, 0.6) is 5.75 Å². The third-order valence-corrected chi connectivity index (χ3v) is 6.91. The normalized spacial score (nSPS) is 18.3. The molecule has 2 fully saturated rings. The molecule has 36 heavy (non-hydrogen) atoms. The number of piperazine rings is 2. The molecule has 0 radical (unpaired) electrons. The molecule has 1 amide bonds. The Morgan fingerprint density at radius 1 is 1.00 bits per heavy atom. The van der Waals surface area contributed by atoms with E-state index in [1.165, 1.54) is 0 Å². The summed E-state index contributed by atoms with van der Waals surface area (Å²) in [5, 5.41) is 4.12. The van der Waals surface area contributed by atoms with Crippen molar-refractivity contribution in [3.8, 4) is 17.1 Å². The standard InChI is InChI=1S/C25H32N8O3/c1-19(24(34)32-14-16-33(17-15-32)25-26-8-3-9-27-25)31-12-10-30(11-13-31)18-22-28-23(29-36-22)20-4-6-21(35-2)7-5-20/h3-9,19H,10-18H2,1-2H3. The van der Waals surface area contributed by atoms with Crippen LogP contribution in [0.2, 0.25) is 0 Å². The van der Waals surface area contributed by atoms with Gasteiger partial charge in [0.05, 0.1) is 19.7 Å². The maximum absolute atomic E-state index is 13.2. The summed E-state index contributed by atoms with van der Waals surface area (Å²) in [6, 6.07) is 9.26. The van der Waals surface area contributed by atoms with Crippen LogP contribution in [0.1, 0.15) is 12.8 Å². The SMILES string of the molecule is COc1ccc(-c2noc(CN3CCN(C(C)C(=O)N4CCN(c5ncccn5)CC4)CC3)n2)cc1. The number of hydrogen-bond donors (Lipinski definition) is 0. The van der Waals surface area contributed by atoms with Crippen molar-refractivity contribution in [3.05, 3.63) is 48.6 Å². The van der Waals surface area contributed by atoms with E-state index in [1.807, 2.05) is 42.2 Å². The van der Waals surface area contributed by atoms with Crippen molar-refractivity contribution in [1.29, 1.82) is 0 Å². The summed E-state index contributed by atoms with van der Waals surface area (Å²) in [7, 11) is 1.64. The first-order valence-corrected chi connectivity index (χ1v) is 12.3. The quantitative estimate of drug-likeness (QED) is 0.481. The minimum absolute atomic E-state index is 0.142. The lowest BCUT2D eigenvalue weighted by atomic mass is 10.2. The fourth-order valence-electron chi connectivity index (χ4n) is 4.68. The van der Waals surface area contributed by atoms with E-state index >= 15 is 0 Å². The molecule has 2 aliphatic rings. The van der Waals surface area contributed by atoms with Gasteiger partial charge in [-0.15, -0.1) is 0 Å². The molecule has 1 atom stereocenters. The predicted molar refractivity (Wildman–Crippen MR) is 133 cm³/mol. The first kappa shape index (κ1) is 24.1. The number of methoxy groups -OCH3 is 1. The van der Waals surface area contributed by atoms with Crippen molar-refractivity contribution < 1.29 is 14.1 Å². The Kier molecular flexibility index (Phi) is 7.38. The van der Waals surface area contributed by atoms with Crippen molar-refractivity contribution in [2.75, 3.05) is 64.4 Å². The summed E-state index contributed by atoms with van der Waals surface area (Å²) in [4.78, 5) is 35.0. The second-order valence-electron chi connectivity index (χ2n) is 9.09. The van der Waals surface area contributed by atoms with Crippen molar-refractivity contribution in [2.24, 2.45) is 0 Å². The first-order valence-electron chi connectivity index (χ1n) is 12.3. The zero-order valence-electron chi connectivity index (χ0n) is 20.8. The van der Waals surface area contributed by atoms with E-state index < -0.39 is 0 Å². The molecule has 0 spiro atoms. The van der Waals surface area contributed by atoms with Gasteiger partial charge in [-0.25, -0.2) is 9.97 Å². The van der Waals surface area contributed by atoms with Gasteiger partial charge in [0, 0.05) is 70.3 Å². The summed E-state index contributed by atoms with van der Waals surface area (Å²) in [5.74, 6) is 2.88. The Bertz CT molecular complexity index is 1120. The highest BCUT2D eigenvalue weighted by atomic mass is 16.5. The maximum atomic E-state index is 13.2. The molecule has 11 heteroatoms. The molecular weight excluding hydrogens is 460 g/mol. The van der Waals surface area contributed by atoms with Crippen molar-refractivity contribution in [2.45, 2.75) is 19.5 Å².